The van der Waals surface area contributed by atoms with Crippen molar-refractivity contribution in [2.75, 3.05) is 6.54 Å². The monoisotopic (exact) mass is 837 g/mol. The maximum absolute atomic E-state index is 14.2. The molecule has 12 atom stereocenters. The van der Waals surface area contributed by atoms with Gasteiger partial charge in [-0.15, -0.1) is 0 Å². The van der Waals surface area contributed by atoms with Crippen LogP contribution in [0.25, 0.3) is 0 Å². The number of carboxylic acid groups (broad SMARTS) is 1. The number of hydrogen-bond acceptors (Lipinski definition) is 6. The molecule has 1 aromatic carbocycles. The number of carboxylic acids is 1. The number of ketones is 1. The summed E-state index contributed by atoms with van der Waals surface area (Å²) in [6, 6.07) is 4.04. The Morgan fingerprint density at radius 3 is 2.00 bits per heavy atom. The number of carbonyl (C=O) groups excluding carboxylic acids is 3. The molecule has 6 saturated carbocycles. The van der Waals surface area contributed by atoms with Gasteiger partial charge in [-0.1, -0.05) is 67.9 Å². The quantitative estimate of drug-likeness (QED) is 0.222. The van der Waals surface area contributed by atoms with Crippen molar-refractivity contribution in [1.82, 2.24) is 5.32 Å². The Hall–Kier alpha value is -3.21. The summed E-state index contributed by atoms with van der Waals surface area (Å²) < 4.78 is 46.1. The Balaban J connectivity index is 1.06. The van der Waals surface area contributed by atoms with Crippen molar-refractivity contribution >= 4 is 23.6 Å². The number of nitrogens with one attached hydrogen (secondary N) is 1. The molecule has 0 saturated heterocycles. The Bertz CT molecular complexity index is 2040. The minimum absolute atomic E-state index is 0.0229. The fraction of sp³-hybridized carbons (Fsp3) is 0.755. The van der Waals surface area contributed by atoms with Gasteiger partial charge >= 0.3 is 18.1 Å². The molecule has 1 aromatic rings. The number of allylic oxidation sites excluding steroid dienone is 1. The average molecular weight is 838 g/mol. The number of Topliss-reactive ketones (excluding diaryl/α,β-unsaturated/α-hetero) is 1. The summed E-state index contributed by atoms with van der Waals surface area (Å²) in [4.78, 5) is 53.0. The molecule has 7 aliphatic rings. The summed E-state index contributed by atoms with van der Waals surface area (Å²) in [5, 5.41) is 24.7. The van der Waals surface area contributed by atoms with Crippen LogP contribution < -0.4 is 5.32 Å². The smallest absolute Gasteiger partial charge is 0.416 e. The number of carbonyl (C=O) groups is 4. The molecule has 1 spiro atoms. The minimum Gasteiger partial charge on any atom is -0.481 e. The third kappa shape index (κ3) is 5.31. The van der Waals surface area contributed by atoms with E-state index in [-0.39, 0.29) is 80.7 Å². The number of aliphatic carboxylic acids is 1. The Morgan fingerprint density at radius 2 is 1.43 bits per heavy atom. The van der Waals surface area contributed by atoms with Gasteiger partial charge in [-0.05, 0) is 145 Å². The number of rotatable bonds is 8. The van der Waals surface area contributed by atoms with E-state index in [2.05, 4.69) is 53.8 Å². The zero-order valence-electron chi connectivity index (χ0n) is 37.0. The highest BCUT2D eigenvalue weighted by molar-refractivity contribution is 6.01. The summed E-state index contributed by atoms with van der Waals surface area (Å²) in [7, 11) is 0. The van der Waals surface area contributed by atoms with Crippen molar-refractivity contribution in [3.8, 4) is 0 Å². The van der Waals surface area contributed by atoms with Crippen LogP contribution in [0.4, 0.5) is 13.2 Å². The molecule has 0 heterocycles. The van der Waals surface area contributed by atoms with Gasteiger partial charge in [0.05, 0.1) is 23.5 Å². The Labute approximate surface area is 353 Å². The van der Waals surface area contributed by atoms with Gasteiger partial charge in [-0.3, -0.25) is 19.2 Å². The standard InChI is InChI=1S/C49H66F3NO7/c1-27(2)36-33(54)25-47(34(55)26-53-38(56)28-10-12-29(13-11-28)49(50,51)52)21-18-42(5)30(37(36)47)14-16-45(8)44(42,7)20-23-48-22-19-43(48,6)35(15-17-46(45,48)9)60-40(59)32-24-31(39(57)58)41(32,3)4/h10-13,27,30-32,34-35,55H,14-26H2,1-9H3,(H,53,56)(H,57,58)/t30-,31+,32-,34+,35+,42-,43-,44+,45+,46-,47+,48+/m1/s1. The van der Waals surface area contributed by atoms with Gasteiger partial charge in [-0.2, -0.15) is 13.2 Å². The van der Waals surface area contributed by atoms with Crippen molar-refractivity contribution in [2.45, 2.75) is 158 Å². The van der Waals surface area contributed by atoms with Crippen LogP contribution in [0, 0.1) is 67.0 Å². The molecule has 0 aliphatic heterocycles. The third-order valence-electron chi connectivity index (χ3n) is 20.6. The maximum Gasteiger partial charge on any atom is 0.416 e. The van der Waals surface area contributed by atoms with Crippen LogP contribution in [-0.4, -0.2) is 52.6 Å². The normalized spacial score (nSPS) is 43.3. The second-order valence-electron chi connectivity index (χ2n) is 22.5. The van der Waals surface area contributed by atoms with E-state index < -0.39 is 52.4 Å². The highest BCUT2D eigenvalue weighted by Crippen LogP contribution is 2.87. The molecular weight excluding hydrogens is 772 g/mol. The molecule has 7 aliphatic carbocycles. The molecule has 11 heteroatoms. The van der Waals surface area contributed by atoms with Gasteiger partial charge in [0.1, 0.15) is 6.10 Å². The number of benzene rings is 1. The van der Waals surface area contributed by atoms with E-state index in [1.807, 2.05) is 13.8 Å². The number of esters is 1. The van der Waals surface area contributed by atoms with Crippen LogP contribution in [-0.2, 0) is 25.3 Å². The number of halogens is 3. The van der Waals surface area contributed by atoms with Crippen molar-refractivity contribution < 1.29 is 47.3 Å². The van der Waals surface area contributed by atoms with Gasteiger partial charge in [0.25, 0.3) is 5.91 Å². The number of hydrogen-bond donors (Lipinski definition) is 3. The summed E-state index contributed by atoms with van der Waals surface area (Å²) in [5.74, 6) is -2.58. The van der Waals surface area contributed by atoms with Crippen molar-refractivity contribution in [1.29, 1.82) is 0 Å². The maximum atomic E-state index is 14.2. The molecule has 1 amide bonds. The number of amides is 1. The molecule has 330 valence electrons. The van der Waals surface area contributed by atoms with E-state index >= 15 is 0 Å². The number of ether oxygens (including phenoxy) is 1. The lowest BCUT2D eigenvalue weighted by Crippen LogP contribution is -2.77. The van der Waals surface area contributed by atoms with Gasteiger partial charge in [0, 0.05) is 29.4 Å². The van der Waals surface area contributed by atoms with Gasteiger partial charge in [0.2, 0.25) is 0 Å². The Morgan fingerprint density at radius 1 is 0.817 bits per heavy atom. The highest BCUT2D eigenvalue weighted by atomic mass is 19.4. The fourth-order valence-electron chi connectivity index (χ4n) is 16.2. The second-order valence-corrected chi connectivity index (χ2v) is 22.5. The van der Waals surface area contributed by atoms with E-state index in [1.165, 1.54) is 0 Å². The van der Waals surface area contributed by atoms with E-state index in [0.29, 0.717) is 12.8 Å². The number of aliphatic hydroxyl groups excluding tert-OH is 1. The number of aliphatic hydroxyl groups is 1. The molecule has 0 unspecified atom stereocenters. The third-order valence-corrected chi connectivity index (χ3v) is 20.6. The van der Waals surface area contributed by atoms with Crippen LogP contribution in [0.2, 0.25) is 0 Å². The van der Waals surface area contributed by atoms with Crippen LogP contribution in [0.1, 0.15) is 155 Å². The summed E-state index contributed by atoms with van der Waals surface area (Å²) >= 11 is 0. The SMILES string of the molecule is CC(C)C1=C2[C@H]3CC[C@]4(C)[C@@]5(C)CC[C@H](OC(=O)[C@H]6C[C@@H](C(=O)O)C6(C)C)[C@@]6(C)CC[C@@]56CC[C@@]4(C)[C@]3(C)CC[C@@]2([C@@H](O)CNC(=O)c2ccc(C(F)(F)F)cc2)CC1=O. The second kappa shape index (κ2) is 13.4. The summed E-state index contributed by atoms with van der Waals surface area (Å²) in [6.07, 6.45) is 3.72. The largest absolute Gasteiger partial charge is 0.481 e. The predicted octanol–water partition coefficient (Wildman–Crippen LogP) is 9.97. The fourth-order valence-corrected chi connectivity index (χ4v) is 16.2. The van der Waals surface area contributed by atoms with Gasteiger partial charge in [0.15, 0.2) is 5.78 Å². The summed E-state index contributed by atoms with van der Waals surface area (Å²) in [5.41, 5.74) is -1.04. The molecule has 8 rings (SSSR count). The molecule has 6 fully saturated rings. The first-order chi connectivity index (χ1) is 27.7. The van der Waals surface area contributed by atoms with E-state index in [9.17, 15) is 42.6 Å². The molecular formula is C49H66F3NO7. The lowest BCUT2D eigenvalue weighted by atomic mass is 9.21. The zero-order chi connectivity index (χ0) is 44.0. The molecule has 0 bridgehead atoms. The van der Waals surface area contributed by atoms with Crippen molar-refractivity contribution in [2.24, 2.45) is 67.0 Å². The zero-order valence-corrected chi connectivity index (χ0v) is 37.0. The lowest BCUT2D eigenvalue weighted by Gasteiger charge is -2.83. The molecule has 60 heavy (non-hydrogen) atoms. The molecule has 3 N–H and O–H groups in total. The molecule has 8 nitrogen and oxygen atoms in total. The number of alkyl halides is 3. The molecule has 0 aromatic heterocycles. The first kappa shape index (κ1) is 43.4. The van der Waals surface area contributed by atoms with E-state index in [4.69, 9.17) is 4.74 Å². The van der Waals surface area contributed by atoms with Crippen LogP contribution >= 0.6 is 0 Å². The lowest BCUT2D eigenvalue weighted by molar-refractivity contribution is -0.351. The van der Waals surface area contributed by atoms with E-state index in [0.717, 1.165) is 93.2 Å². The highest BCUT2D eigenvalue weighted by Gasteiger charge is 2.81. The topological polar surface area (TPSA) is 130 Å². The van der Waals surface area contributed by atoms with Crippen LogP contribution in [0.3, 0.4) is 0 Å². The first-order valence-corrected chi connectivity index (χ1v) is 22.6. The first-order valence-electron chi connectivity index (χ1n) is 22.6. The molecule has 0 radical (unpaired) electrons. The Kier molecular flexibility index (Phi) is 9.70. The summed E-state index contributed by atoms with van der Waals surface area (Å²) in [6.45, 7) is 20.1. The van der Waals surface area contributed by atoms with Crippen LogP contribution in [0.5, 0.6) is 0 Å². The average Bonchev–Trinajstić information content (AvgIpc) is 3.48. The van der Waals surface area contributed by atoms with Crippen LogP contribution in [0.15, 0.2) is 35.4 Å². The van der Waals surface area contributed by atoms with Gasteiger partial charge in [-0.25, -0.2) is 0 Å². The predicted molar refractivity (Wildman–Crippen MR) is 219 cm³/mol. The van der Waals surface area contributed by atoms with Crippen molar-refractivity contribution in [3.63, 3.8) is 0 Å². The minimum atomic E-state index is -4.52. The van der Waals surface area contributed by atoms with Crippen molar-refractivity contribution in [3.05, 3.63) is 46.5 Å². The van der Waals surface area contributed by atoms with E-state index in [1.54, 1.807) is 0 Å². The van der Waals surface area contributed by atoms with Gasteiger partial charge < -0.3 is 20.3 Å². The number of fused-ring (bicyclic) bond motifs is 6.